The van der Waals surface area contributed by atoms with Crippen LogP contribution in [0.4, 0.5) is 0 Å². The van der Waals surface area contributed by atoms with Crippen LogP contribution >= 0.6 is 0 Å². The lowest BCUT2D eigenvalue weighted by atomic mass is 9.92. The third-order valence-electron chi connectivity index (χ3n) is 6.94. The molecule has 2 heterocycles. The van der Waals surface area contributed by atoms with Crippen molar-refractivity contribution in [1.82, 2.24) is 4.98 Å². The summed E-state index contributed by atoms with van der Waals surface area (Å²) < 4.78 is 32.1. The standard InChI is InChI=1S/C27H29NO5S/c29-26-21-9-3-1-2-4-11-24(21)33-27(30)22(26)16-19-8-7-10-20(18-13-14-18)23(19)17-34(31,32)25-12-5-6-15-28-25/h5-8,10,12,15,18,29H,1-4,9,11,13-14,16-17H2. The Morgan fingerprint density at radius 1 is 0.971 bits per heavy atom. The molecule has 2 aliphatic carbocycles. The molecule has 1 saturated carbocycles. The van der Waals surface area contributed by atoms with Gasteiger partial charge >= 0.3 is 5.63 Å². The van der Waals surface area contributed by atoms with Crippen LogP contribution in [-0.4, -0.2) is 18.5 Å². The smallest absolute Gasteiger partial charge is 0.343 e. The van der Waals surface area contributed by atoms with Gasteiger partial charge in [0.1, 0.15) is 11.5 Å². The summed E-state index contributed by atoms with van der Waals surface area (Å²) in [5.41, 5.74) is 2.86. The number of aromatic nitrogens is 1. The first kappa shape index (κ1) is 22.8. The Balaban J connectivity index is 1.56. The average molecular weight is 480 g/mol. The molecule has 0 aliphatic heterocycles. The Bertz CT molecular complexity index is 1360. The van der Waals surface area contributed by atoms with Crippen molar-refractivity contribution >= 4 is 9.84 Å². The SMILES string of the molecule is O=c1oc2c(c(O)c1Cc1cccc(C3CC3)c1CS(=O)(=O)c1ccccn1)CCCCCC2. The van der Waals surface area contributed by atoms with Gasteiger partial charge in [-0.3, -0.25) is 0 Å². The van der Waals surface area contributed by atoms with Gasteiger partial charge in [-0.25, -0.2) is 18.2 Å². The number of benzene rings is 1. The molecule has 1 fully saturated rings. The monoisotopic (exact) mass is 479 g/mol. The molecule has 0 radical (unpaired) electrons. The van der Waals surface area contributed by atoms with E-state index < -0.39 is 15.5 Å². The summed E-state index contributed by atoms with van der Waals surface area (Å²) in [7, 11) is -3.68. The van der Waals surface area contributed by atoms with Gasteiger partial charge in [0.05, 0.1) is 11.3 Å². The lowest BCUT2D eigenvalue weighted by Crippen LogP contribution is -2.16. The van der Waals surface area contributed by atoms with Gasteiger partial charge in [-0.1, -0.05) is 37.1 Å². The van der Waals surface area contributed by atoms with Crippen LogP contribution in [0.1, 0.15) is 78.0 Å². The molecular weight excluding hydrogens is 450 g/mol. The second kappa shape index (κ2) is 9.37. The minimum absolute atomic E-state index is 0.0171. The lowest BCUT2D eigenvalue weighted by molar-refractivity contribution is 0.390. The maximum atomic E-state index is 13.2. The summed E-state index contributed by atoms with van der Waals surface area (Å²) in [5, 5.41) is 11.1. The van der Waals surface area contributed by atoms with Crippen LogP contribution in [-0.2, 0) is 34.9 Å². The number of hydrogen-bond acceptors (Lipinski definition) is 6. The fourth-order valence-corrected chi connectivity index (χ4v) is 6.35. The number of fused-ring (bicyclic) bond motifs is 1. The van der Waals surface area contributed by atoms with Crippen LogP contribution in [0, 0.1) is 0 Å². The molecule has 0 saturated heterocycles. The molecule has 178 valence electrons. The molecule has 3 aromatic rings. The van der Waals surface area contributed by atoms with Gasteiger partial charge in [0.25, 0.3) is 0 Å². The van der Waals surface area contributed by atoms with E-state index in [4.69, 9.17) is 4.42 Å². The molecule has 2 aliphatic rings. The maximum absolute atomic E-state index is 13.2. The van der Waals surface area contributed by atoms with Crippen molar-refractivity contribution in [3.63, 3.8) is 0 Å². The fraction of sp³-hybridized carbons (Fsp3) is 0.407. The highest BCUT2D eigenvalue weighted by Crippen LogP contribution is 2.43. The van der Waals surface area contributed by atoms with Crippen LogP contribution in [0.5, 0.6) is 5.75 Å². The number of aryl methyl sites for hydroxylation is 1. The van der Waals surface area contributed by atoms with Gasteiger partial charge in [0, 0.05) is 24.6 Å². The van der Waals surface area contributed by atoms with E-state index in [1.165, 1.54) is 12.3 Å². The fourth-order valence-electron chi connectivity index (χ4n) is 4.96. The molecule has 5 rings (SSSR count). The van der Waals surface area contributed by atoms with Crippen molar-refractivity contribution in [3.8, 4) is 5.75 Å². The van der Waals surface area contributed by atoms with E-state index in [1.807, 2.05) is 18.2 Å². The van der Waals surface area contributed by atoms with E-state index in [1.54, 1.807) is 12.1 Å². The highest BCUT2D eigenvalue weighted by molar-refractivity contribution is 7.90. The van der Waals surface area contributed by atoms with Gasteiger partial charge < -0.3 is 9.52 Å². The molecule has 1 N–H and O–H groups in total. The molecule has 0 atom stereocenters. The van der Waals surface area contributed by atoms with Gasteiger partial charge in [0.2, 0.25) is 0 Å². The van der Waals surface area contributed by atoms with E-state index in [0.717, 1.165) is 55.2 Å². The summed E-state index contributed by atoms with van der Waals surface area (Å²) in [6, 6.07) is 10.6. The van der Waals surface area contributed by atoms with Crippen molar-refractivity contribution in [1.29, 1.82) is 0 Å². The first-order chi connectivity index (χ1) is 16.4. The molecule has 7 heteroatoms. The number of sulfone groups is 1. The molecular formula is C27H29NO5S. The zero-order chi connectivity index (χ0) is 23.7. The average Bonchev–Trinajstić information content (AvgIpc) is 3.65. The Kier molecular flexibility index (Phi) is 6.30. The summed E-state index contributed by atoms with van der Waals surface area (Å²) >= 11 is 0. The van der Waals surface area contributed by atoms with E-state index in [-0.39, 0.29) is 28.5 Å². The van der Waals surface area contributed by atoms with Crippen molar-refractivity contribution in [3.05, 3.63) is 86.6 Å². The third-order valence-corrected chi connectivity index (χ3v) is 8.48. The predicted molar refractivity (Wildman–Crippen MR) is 129 cm³/mol. The number of rotatable bonds is 6. The molecule has 2 aromatic heterocycles. The first-order valence-corrected chi connectivity index (χ1v) is 13.7. The number of aromatic hydroxyl groups is 1. The quantitative estimate of drug-likeness (QED) is 0.543. The highest BCUT2D eigenvalue weighted by Gasteiger charge is 2.30. The topological polar surface area (TPSA) is 97.5 Å². The van der Waals surface area contributed by atoms with Crippen molar-refractivity contribution in [2.75, 3.05) is 0 Å². The minimum Gasteiger partial charge on any atom is -0.507 e. The van der Waals surface area contributed by atoms with Crippen LogP contribution in [0.2, 0.25) is 0 Å². The molecule has 0 spiro atoms. The van der Waals surface area contributed by atoms with Crippen LogP contribution in [0.15, 0.2) is 56.8 Å². The van der Waals surface area contributed by atoms with Crippen LogP contribution in [0.25, 0.3) is 0 Å². The van der Waals surface area contributed by atoms with Gasteiger partial charge in [-0.2, -0.15) is 0 Å². The van der Waals surface area contributed by atoms with Gasteiger partial charge in [-0.05, 0) is 66.8 Å². The van der Waals surface area contributed by atoms with E-state index in [0.29, 0.717) is 30.1 Å². The summed E-state index contributed by atoms with van der Waals surface area (Å²) in [6.45, 7) is 0. The van der Waals surface area contributed by atoms with E-state index in [9.17, 15) is 18.3 Å². The van der Waals surface area contributed by atoms with E-state index in [2.05, 4.69) is 4.98 Å². The predicted octanol–water partition coefficient (Wildman–Crippen LogP) is 4.84. The molecule has 0 amide bonds. The van der Waals surface area contributed by atoms with Crippen LogP contribution in [0.3, 0.4) is 0 Å². The molecule has 0 bridgehead atoms. The number of hydrogen-bond donors (Lipinski definition) is 1. The van der Waals surface area contributed by atoms with Gasteiger partial charge in [0.15, 0.2) is 14.9 Å². The van der Waals surface area contributed by atoms with Crippen LogP contribution < -0.4 is 5.63 Å². The van der Waals surface area contributed by atoms with Crippen molar-refractivity contribution < 1.29 is 17.9 Å². The Morgan fingerprint density at radius 2 is 1.76 bits per heavy atom. The Hall–Kier alpha value is -2.93. The second-order valence-electron chi connectivity index (χ2n) is 9.40. The second-order valence-corrected chi connectivity index (χ2v) is 11.3. The zero-order valence-electron chi connectivity index (χ0n) is 19.1. The third kappa shape index (κ3) is 4.67. The highest BCUT2D eigenvalue weighted by atomic mass is 32.2. The molecule has 0 unspecified atom stereocenters. The van der Waals surface area contributed by atoms with E-state index >= 15 is 0 Å². The van der Waals surface area contributed by atoms with Crippen molar-refractivity contribution in [2.45, 2.75) is 74.5 Å². The first-order valence-electron chi connectivity index (χ1n) is 12.0. The molecule has 1 aromatic carbocycles. The van der Waals surface area contributed by atoms with Crippen molar-refractivity contribution in [2.24, 2.45) is 0 Å². The Labute approximate surface area is 199 Å². The summed E-state index contributed by atoms with van der Waals surface area (Å²) in [5.74, 6) is 0.747. The largest absolute Gasteiger partial charge is 0.507 e. The maximum Gasteiger partial charge on any atom is 0.343 e. The van der Waals surface area contributed by atoms with Gasteiger partial charge in [-0.15, -0.1) is 0 Å². The minimum atomic E-state index is -3.68. The number of nitrogens with zero attached hydrogens (tertiary/aromatic N) is 1. The lowest BCUT2D eigenvalue weighted by Gasteiger charge is -2.18. The number of pyridine rings is 1. The molecule has 6 nitrogen and oxygen atoms in total. The summed E-state index contributed by atoms with van der Waals surface area (Å²) in [6.07, 6.45) is 9.05. The Morgan fingerprint density at radius 3 is 2.50 bits per heavy atom. The molecule has 34 heavy (non-hydrogen) atoms. The zero-order valence-corrected chi connectivity index (χ0v) is 19.9. The normalized spacial score (nSPS) is 16.5. The summed E-state index contributed by atoms with van der Waals surface area (Å²) in [4.78, 5) is 17.0.